The number of rotatable bonds is 4. The standard InChI is InChI=1S/C31H27NO6/c1-16-12-24(34)22-14-21-19(26(28(22)29(16)35)18-8-11-23(33)25(13-18)38-2)9-10-20-27(21)31(37)32(30(20)36)15-17-6-4-3-5-7-17/h3-9,11-13,20-21,26-27,33H,10,14-15H2,1-2H3. The van der Waals surface area contributed by atoms with Crippen LogP contribution in [0.1, 0.15) is 36.8 Å². The number of phenolic OH excluding ortho intramolecular Hbond substituents is 1. The third-order valence-corrected chi connectivity index (χ3v) is 8.38. The molecule has 4 aliphatic rings. The number of ether oxygens (including phenoxy) is 1. The highest BCUT2D eigenvalue weighted by Crippen LogP contribution is 2.55. The molecule has 7 heteroatoms. The predicted molar refractivity (Wildman–Crippen MR) is 138 cm³/mol. The van der Waals surface area contributed by atoms with Crippen molar-refractivity contribution in [3.05, 3.63) is 94.1 Å². The number of carbonyl (C=O) groups excluding carboxylic acids is 4. The highest BCUT2D eigenvalue weighted by molar-refractivity contribution is 6.23. The van der Waals surface area contributed by atoms with Gasteiger partial charge in [-0.15, -0.1) is 0 Å². The van der Waals surface area contributed by atoms with E-state index in [1.54, 1.807) is 19.1 Å². The lowest BCUT2D eigenvalue weighted by molar-refractivity contribution is -0.140. The van der Waals surface area contributed by atoms with Crippen molar-refractivity contribution in [3.8, 4) is 11.5 Å². The number of nitrogens with zero attached hydrogens (tertiary/aromatic N) is 1. The number of aromatic hydroxyl groups is 1. The summed E-state index contributed by atoms with van der Waals surface area (Å²) in [5, 5.41) is 10.2. The van der Waals surface area contributed by atoms with E-state index in [2.05, 4.69) is 0 Å². The maximum Gasteiger partial charge on any atom is 0.234 e. The van der Waals surface area contributed by atoms with Crippen LogP contribution in [0.2, 0.25) is 0 Å². The summed E-state index contributed by atoms with van der Waals surface area (Å²) in [6.07, 6.45) is 3.98. The Balaban J connectivity index is 1.45. The molecule has 1 heterocycles. The van der Waals surface area contributed by atoms with E-state index in [0.29, 0.717) is 28.7 Å². The van der Waals surface area contributed by atoms with Crippen molar-refractivity contribution in [2.75, 3.05) is 7.11 Å². The number of methoxy groups -OCH3 is 1. The van der Waals surface area contributed by atoms with Gasteiger partial charge in [0.05, 0.1) is 25.5 Å². The molecule has 4 atom stereocenters. The van der Waals surface area contributed by atoms with Crippen LogP contribution in [-0.4, -0.2) is 40.5 Å². The minimum atomic E-state index is -0.600. The van der Waals surface area contributed by atoms with Gasteiger partial charge < -0.3 is 9.84 Å². The fourth-order valence-corrected chi connectivity index (χ4v) is 6.60. The number of likely N-dealkylation sites (tertiary alicyclic amines) is 1. The number of amides is 2. The number of phenols is 1. The number of hydrogen-bond donors (Lipinski definition) is 1. The van der Waals surface area contributed by atoms with Crippen LogP contribution in [0.5, 0.6) is 11.5 Å². The van der Waals surface area contributed by atoms with Gasteiger partial charge in [-0.05, 0) is 55.0 Å². The zero-order chi connectivity index (χ0) is 26.7. The van der Waals surface area contributed by atoms with Crippen molar-refractivity contribution < 1.29 is 29.0 Å². The molecule has 38 heavy (non-hydrogen) atoms. The van der Waals surface area contributed by atoms with E-state index in [0.717, 1.165) is 11.1 Å². The van der Waals surface area contributed by atoms with E-state index in [1.807, 2.05) is 36.4 Å². The molecule has 1 fully saturated rings. The van der Waals surface area contributed by atoms with Crippen molar-refractivity contribution in [1.82, 2.24) is 4.90 Å². The Morgan fingerprint density at radius 1 is 1.00 bits per heavy atom. The van der Waals surface area contributed by atoms with Gasteiger partial charge in [0.2, 0.25) is 11.8 Å². The molecule has 192 valence electrons. The summed E-state index contributed by atoms with van der Waals surface area (Å²) in [5.41, 5.74) is 3.63. The summed E-state index contributed by atoms with van der Waals surface area (Å²) < 4.78 is 5.33. The van der Waals surface area contributed by atoms with E-state index >= 15 is 0 Å². The molecule has 2 amide bonds. The largest absolute Gasteiger partial charge is 0.504 e. The van der Waals surface area contributed by atoms with Crippen LogP contribution in [0, 0.1) is 17.8 Å². The Hall–Kier alpha value is -4.26. The van der Waals surface area contributed by atoms with Crippen LogP contribution in [0.4, 0.5) is 0 Å². The van der Waals surface area contributed by atoms with Gasteiger partial charge >= 0.3 is 0 Å². The summed E-state index contributed by atoms with van der Waals surface area (Å²) in [5.74, 6) is -2.70. The lowest BCUT2D eigenvalue weighted by Crippen LogP contribution is -2.39. The van der Waals surface area contributed by atoms with E-state index in [4.69, 9.17) is 4.74 Å². The number of Topliss-reactive ketones (excluding diaryl/α,β-unsaturated/α-hetero) is 1. The molecule has 0 spiro atoms. The monoisotopic (exact) mass is 509 g/mol. The van der Waals surface area contributed by atoms with Crippen LogP contribution < -0.4 is 4.74 Å². The molecule has 1 aliphatic heterocycles. The van der Waals surface area contributed by atoms with E-state index in [1.165, 1.54) is 24.2 Å². The van der Waals surface area contributed by atoms with Gasteiger partial charge in [0, 0.05) is 22.6 Å². The maximum atomic E-state index is 13.8. The second-order valence-electron chi connectivity index (χ2n) is 10.4. The Morgan fingerprint density at radius 3 is 2.50 bits per heavy atom. The zero-order valence-corrected chi connectivity index (χ0v) is 21.1. The van der Waals surface area contributed by atoms with Crippen LogP contribution in [0.25, 0.3) is 0 Å². The number of carbonyl (C=O) groups is 4. The Kier molecular flexibility index (Phi) is 5.67. The van der Waals surface area contributed by atoms with Crippen LogP contribution >= 0.6 is 0 Å². The van der Waals surface area contributed by atoms with Gasteiger partial charge in [-0.25, -0.2) is 0 Å². The molecule has 3 aliphatic carbocycles. The van der Waals surface area contributed by atoms with Crippen LogP contribution in [-0.2, 0) is 25.7 Å². The maximum absolute atomic E-state index is 13.8. The van der Waals surface area contributed by atoms with Crippen molar-refractivity contribution in [2.24, 2.45) is 17.8 Å². The first kappa shape index (κ1) is 24.1. The first-order chi connectivity index (χ1) is 18.3. The van der Waals surface area contributed by atoms with Crippen LogP contribution in [0.3, 0.4) is 0 Å². The number of hydrogen-bond acceptors (Lipinski definition) is 6. The van der Waals surface area contributed by atoms with E-state index in [-0.39, 0.29) is 47.8 Å². The quantitative estimate of drug-likeness (QED) is 0.380. The fraction of sp³-hybridized carbons (Fsp3) is 0.290. The summed E-state index contributed by atoms with van der Waals surface area (Å²) in [6.45, 7) is 1.84. The summed E-state index contributed by atoms with van der Waals surface area (Å²) in [4.78, 5) is 55.3. The van der Waals surface area contributed by atoms with Crippen molar-refractivity contribution in [1.29, 1.82) is 0 Å². The summed E-state index contributed by atoms with van der Waals surface area (Å²) >= 11 is 0. The Morgan fingerprint density at radius 2 is 1.76 bits per heavy atom. The molecule has 0 radical (unpaired) electrons. The van der Waals surface area contributed by atoms with Crippen molar-refractivity contribution in [2.45, 2.75) is 32.2 Å². The molecule has 0 saturated carbocycles. The third-order valence-electron chi connectivity index (χ3n) is 8.38. The predicted octanol–water partition coefficient (Wildman–Crippen LogP) is 4.03. The Labute approximate surface area is 220 Å². The minimum Gasteiger partial charge on any atom is -0.504 e. The van der Waals surface area contributed by atoms with Crippen molar-refractivity contribution in [3.63, 3.8) is 0 Å². The van der Waals surface area contributed by atoms with E-state index in [9.17, 15) is 24.3 Å². The molecule has 2 aromatic carbocycles. The molecule has 0 aromatic heterocycles. The molecule has 1 N–H and O–H groups in total. The van der Waals surface area contributed by atoms with Gasteiger partial charge in [0.25, 0.3) is 0 Å². The lowest BCUT2D eigenvalue weighted by Gasteiger charge is -2.42. The molecule has 0 bridgehead atoms. The van der Waals surface area contributed by atoms with Crippen LogP contribution in [0.15, 0.2) is 83.0 Å². The second kappa shape index (κ2) is 8.94. The van der Waals surface area contributed by atoms with Gasteiger partial charge in [-0.1, -0.05) is 48.0 Å². The topological polar surface area (TPSA) is 101 Å². The average molecular weight is 510 g/mol. The summed E-state index contributed by atoms with van der Waals surface area (Å²) in [6, 6.07) is 14.3. The SMILES string of the molecule is COc1cc(C2C3=CCC4C(=O)N(Cc5ccccc5)C(=O)C4C3CC3=C2C(=O)C(C)=CC3=O)ccc1O. The molecular weight excluding hydrogens is 482 g/mol. The number of ketones is 2. The van der Waals surface area contributed by atoms with Crippen molar-refractivity contribution >= 4 is 23.4 Å². The molecule has 2 aromatic rings. The molecule has 1 saturated heterocycles. The molecule has 4 unspecified atom stereocenters. The average Bonchev–Trinajstić information content (AvgIpc) is 3.16. The van der Waals surface area contributed by atoms with E-state index < -0.39 is 23.7 Å². The summed E-state index contributed by atoms with van der Waals surface area (Å²) in [7, 11) is 1.45. The van der Waals surface area contributed by atoms with Gasteiger partial charge in [-0.3, -0.25) is 24.1 Å². The number of imide groups is 1. The molecular formula is C31H27NO6. The third kappa shape index (κ3) is 3.56. The van der Waals surface area contributed by atoms with Gasteiger partial charge in [-0.2, -0.15) is 0 Å². The van der Waals surface area contributed by atoms with Gasteiger partial charge in [0.15, 0.2) is 23.1 Å². The molecule has 7 nitrogen and oxygen atoms in total. The lowest BCUT2D eigenvalue weighted by atomic mass is 9.59. The highest BCUT2D eigenvalue weighted by Gasteiger charge is 2.56. The zero-order valence-electron chi connectivity index (χ0n) is 21.1. The number of benzene rings is 2. The second-order valence-corrected chi connectivity index (χ2v) is 10.4. The first-order valence-corrected chi connectivity index (χ1v) is 12.8. The number of allylic oxidation sites excluding steroid dienone is 6. The molecule has 6 rings (SSSR count). The first-order valence-electron chi connectivity index (χ1n) is 12.8. The minimum absolute atomic E-state index is 0.0363. The van der Waals surface area contributed by atoms with Gasteiger partial charge in [0.1, 0.15) is 0 Å². The highest BCUT2D eigenvalue weighted by atomic mass is 16.5. The number of fused-ring (bicyclic) bond motifs is 3. The fourth-order valence-electron chi connectivity index (χ4n) is 6.60. The Bertz CT molecular complexity index is 1500. The normalized spacial score (nSPS) is 26.5. The smallest absolute Gasteiger partial charge is 0.234 e.